The SMILES string of the molecule is CCc1ccc(CNc2cc(C(=O)O)ccc2[N+](=O)[O-])s1. The van der Waals surface area contributed by atoms with E-state index >= 15 is 0 Å². The summed E-state index contributed by atoms with van der Waals surface area (Å²) in [4.78, 5) is 23.7. The molecule has 2 rings (SSSR count). The summed E-state index contributed by atoms with van der Waals surface area (Å²) in [5, 5.41) is 22.9. The van der Waals surface area contributed by atoms with E-state index in [1.807, 2.05) is 12.1 Å². The third-order valence-corrected chi connectivity index (χ3v) is 4.19. The first-order valence-corrected chi connectivity index (χ1v) is 7.16. The number of nitrogens with zero attached hydrogens (tertiary/aromatic N) is 1. The molecule has 0 radical (unpaired) electrons. The number of carboxylic acid groups (broad SMARTS) is 1. The van der Waals surface area contributed by atoms with E-state index in [2.05, 4.69) is 12.2 Å². The normalized spacial score (nSPS) is 10.3. The summed E-state index contributed by atoms with van der Waals surface area (Å²) < 4.78 is 0. The Morgan fingerprint density at radius 2 is 2.05 bits per heavy atom. The molecule has 0 spiro atoms. The van der Waals surface area contributed by atoms with Crippen molar-refractivity contribution in [3.05, 3.63) is 55.8 Å². The molecule has 0 aliphatic carbocycles. The highest BCUT2D eigenvalue weighted by Crippen LogP contribution is 2.27. The predicted octanol–water partition coefficient (Wildman–Crippen LogP) is 3.53. The van der Waals surface area contributed by atoms with Gasteiger partial charge in [0, 0.05) is 22.4 Å². The van der Waals surface area contributed by atoms with E-state index in [1.54, 1.807) is 11.3 Å². The number of benzene rings is 1. The number of carbonyl (C=O) groups is 1. The first-order chi connectivity index (χ1) is 10.0. The van der Waals surface area contributed by atoms with Crippen molar-refractivity contribution in [2.24, 2.45) is 0 Å². The summed E-state index contributed by atoms with van der Waals surface area (Å²) in [7, 11) is 0. The molecule has 0 aliphatic heterocycles. The van der Waals surface area contributed by atoms with Gasteiger partial charge in [0.25, 0.3) is 5.69 Å². The minimum Gasteiger partial charge on any atom is -0.478 e. The number of anilines is 1. The van der Waals surface area contributed by atoms with Crippen molar-refractivity contribution in [3.8, 4) is 0 Å². The molecule has 0 saturated carbocycles. The minimum absolute atomic E-state index is 0.0172. The number of carboxylic acids is 1. The van der Waals surface area contributed by atoms with Gasteiger partial charge < -0.3 is 10.4 Å². The van der Waals surface area contributed by atoms with Gasteiger partial charge in [0.15, 0.2) is 0 Å². The van der Waals surface area contributed by atoms with Crippen LogP contribution in [0.25, 0.3) is 0 Å². The lowest BCUT2D eigenvalue weighted by Crippen LogP contribution is -2.04. The second kappa shape index (κ2) is 6.36. The number of aromatic carboxylic acids is 1. The fourth-order valence-corrected chi connectivity index (χ4v) is 2.76. The third kappa shape index (κ3) is 3.57. The molecule has 1 aromatic carbocycles. The molecule has 0 bridgehead atoms. The molecule has 1 aromatic heterocycles. The number of nitrogens with one attached hydrogen (secondary N) is 1. The van der Waals surface area contributed by atoms with E-state index in [-0.39, 0.29) is 16.9 Å². The molecule has 2 N–H and O–H groups in total. The zero-order valence-electron chi connectivity index (χ0n) is 11.3. The molecule has 110 valence electrons. The Balaban J connectivity index is 2.22. The second-order valence-electron chi connectivity index (χ2n) is 4.37. The fourth-order valence-electron chi connectivity index (χ4n) is 1.86. The van der Waals surface area contributed by atoms with Gasteiger partial charge in [-0.2, -0.15) is 0 Å². The summed E-state index contributed by atoms with van der Waals surface area (Å²) in [6.45, 7) is 2.48. The Morgan fingerprint density at radius 3 is 2.62 bits per heavy atom. The molecule has 0 unspecified atom stereocenters. The maximum absolute atomic E-state index is 11.0. The van der Waals surface area contributed by atoms with Crippen molar-refractivity contribution in [2.75, 3.05) is 5.32 Å². The Labute approximate surface area is 125 Å². The summed E-state index contributed by atoms with van der Waals surface area (Å²) in [5.41, 5.74) is 0.0992. The molecule has 0 saturated heterocycles. The smallest absolute Gasteiger partial charge is 0.335 e. The third-order valence-electron chi connectivity index (χ3n) is 2.96. The Bertz CT molecular complexity index is 681. The first kappa shape index (κ1) is 15.0. The van der Waals surface area contributed by atoms with Gasteiger partial charge in [-0.05, 0) is 30.7 Å². The van der Waals surface area contributed by atoms with Crippen LogP contribution in [-0.2, 0) is 13.0 Å². The molecule has 6 nitrogen and oxygen atoms in total. The summed E-state index contributed by atoms with van der Waals surface area (Å²) in [5.74, 6) is -1.11. The van der Waals surface area contributed by atoms with Crippen molar-refractivity contribution in [3.63, 3.8) is 0 Å². The summed E-state index contributed by atoms with van der Waals surface area (Å²) in [6, 6.07) is 7.70. The van der Waals surface area contributed by atoms with Gasteiger partial charge in [0.2, 0.25) is 0 Å². The van der Waals surface area contributed by atoms with E-state index in [4.69, 9.17) is 5.11 Å². The number of nitro groups is 1. The lowest BCUT2D eigenvalue weighted by Gasteiger charge is -2.07. The number of aryl methyl sites for hydroxylation is 1. The van der Waals surface area contributed by atoms with Crippen LogP contribution in [0.2, 0.25) is 0 Å². The number of nitro benzene ring substituents is 1. The van der Waals surface area contributed by atoms with Crippen molar-refractivity contribution < 1.29 is 14.8 Å². The highest BCUT2D eigenvalue weighted by Gasteiger charge is 2.16. The van der Waals surface area contributed by atoms with Crippen LogP contribution in [-0.4, -0.2) is 16.0 Å². The van der Waals surface area contributed by atoms with E-state index in [0.717, 1.165) is 11.3 Å². The maximum Gasteiger partial charge on any atom is 0.335 e. The molecule has 0 atom stereocenters. The molecular formula is C14H14N2O4S. The lowest BCUT2D eigenvalue weighted by atomic mass is 10.1. The average Bonchev–Trinajstić information content (AvgIpc) is 2.92. The second-order valence-corrected chi connectivity index (χ2v) is 5.62. The van der Waals surface area contributed by atoms with Gasteiger partial charge in [-0.1, -0.05) is 6.92 Å². The van der Waals surface area contributed by atoms with Gasteiger partial charge in [0.1, 0.15) is 5.69 Å². The van der Waals surface area contributed by atoms with Crippen LogP contribution < -0.4 is 5.32 Å². The van der Waals surface area contributed by atoms with Crippen LogP contribution in [0.15, 0.2) is 30.3 Å². The van der Waals surface area contributed by atoms with Gasteiger partial charge in [0.05, 0.1) is 10.5 Å². The fraction of sp³-hybridized carbons (Fsp3) is 0.214. The standard InChI is InChI=1S/C14H14N2O4S/c1-2-10-4-5-11(21-10)8-15-12-7-9(14(17)18)3-6-13(12)16(19)20/h3-7,15H,2,8H2,1H3,(H,17,18). The van der Waals surface area contributed by atoms with E-state index in [1.165, 1.54) is 23.1 Å². The van der Waals surface area contributed by atoms with Crippen molar-refractivity contribution in [2.45, 2.75) is 19.9 Å². The van der Waals surface area contributed by atoms with E-state index in [9.17, 15) is 14.9 Å². The monoisotopic (exact) mass is 306 g/mol. The molecular weight excluding hydrogens is 292 g/mol. The van der Waals surface area contributed by atoms with Crippen LogP contribution in [0.1, 0.15) is 27.0 Å². The molecule has 0 amide bonds. The van der Waals surface area contributed by atoms with Crippen LogP contribution in [0.5, 0.6) is 0 Å². The predicted molar refractivity (Wildman–Crippen MR) is 81.1 cm³/mol. The Morgan fingerprint density at radius 1 is 1.33 bits per heavy atom. The molecule has 7 heteroatoms. The van der Waals surface area contributed by atoms with Gasteiger partial charge in [-0.25, -0.2) is 4.79 Å². The number of hydrogen-bond acceptors (Lipinski definition) is 5. The number of rotatable bonds is 6. The molecule has 0 fully saturated rings. The van der Waals surface area contributed by atoms with Crippen LogP contribution in [0, 0.1) is 10.1 Å². The Hall–Kier alpha value is -2.41. The van der Waals surface area contributed by atoms with Crippen molar-refractivity contribution >= 4 is 28.7 Å². The average molecular weight is 306 g/mol. The van der Waals surface area contributed by atoms with Crippen molar-refractivity contribution in [1.29, 1.82) is 0 Å². The van der Waals surface area contributed by atoms with E-state index in [0.29, 0.717) is 6.54 Å². The summed E-state index contributed by atoms with van der Waals surface area (Å²) in [6.07, 6.45) is 0.944. The van der Waals surface area contributed by atoms with E-state index < -0.39 is 10.9 Å². The topological polar surface area (TPSA) is 92.5 Å². The van der Waals surface area contributed by atoms with Crippen LogP contribution >= 0.6 is 11.3 Å². The summed E-state index contributed by atoms with van der Waals surface area (Å²) >= 11 is 1.63. The van der Waals surface area contributed by atoms with Gasteiger partial charge >= 0.3 is 5.97 Å². The first-order valence-electron chi connectivity index (χ1n) is 6.34. The lowest BCUT2D eigenvalue weighted by molar-refractivity contribution is -0.384. The Kier molecular flexibility index (Phi) is 4.54. The largest absolute Gasteiger partial charge is 0.478 e. The minimum atomic E-state index is -1.11. The maximum atomic E-state index is 11.0. The molecule has 0 aliphatic rings. The van der Waals surface area contributed by atoms with Crippen LogP contribution in [0.4, 0.5) is 11.4 Å². The molecule has 2 aromatic rings. The van der Waals surface area contributed by atoms with Gasteiger partial charge in [-0.15, -0.1) is 11.3 Å². The quantitative estimate of drug-likeness (QED) is 0.629. The number of hydrogen-bond donors (Lipinski definition) is 2. The van der Waals surface area contributed by atoms with Gasteiger partial charge in [-0.3, -0.25) is 10.1 Å². The number of thiophene rings is 1. The highest BCUT2D eigenvalue weighted by atomic mass is 32.1. The zero-order chi connectivity index (χ0) is 15.4. The van der Waals surface area contributed by atoms with Crippen molar-refractivity contribution in [1.82, 2.24) is 0 Å². The zero-order valence-corrected chi connectivity index (χ0v) is 12.1. The molecule has 1 heterocycles. The van der Waals surface area contributed by atoms with Crippen LogP contribution in [0.3, 0.4) is 0 Å². The highest BCUT2D eigenvalue weighted by molar-refractivity contribution is 7.12. The molecule has 21 heavy (non-hydrogen) atoms.